The van der Waals surface area contributed by atoms with E-state index in [1.807, 2.05) is 19.9 Å². The van der Waals surface area contributed by atoms with E-state index in [1.165, 1.54) is 6.07 Å². The van der Waals surface area contributed by atoms with Crippen molar-refractivity contribution < 1.29 is 9.18 Å². The molecule has 3 heterocycles. The topological polar surface area (TPSA) is 96.2 Å². The Labute approximate surface area is 186 Å². The minimum Gasteiger partial charge on any atom is -0.352 e. The molecule has 166 valence electrons. The number of carbonyl (C=O) groups excluding carboxylic acids is 1. The molecule has 0 spiro atoms. The first-order valence-electron chi connectivity index (χ1n) is 10.7. The lowest BCUT2D eigenvalue weighted by Crippen LogP contribution is -2.41. The molecular weight excluding hydrogens is 419 g/mol. The van der Waals surface area contributed by atoms with E-state index in [4.69, 9.17) is 27.3 Å². The molecule has 0 saturated carbocycles. The van der Waals surface area contributed by atoms with Gasteiger partial charge < -0.3 is 21.3 Å². The summed E-state index contributed by atoms with van der Waals surface area (Å²) in [7, 11) is 0. The van der Waals surface area contributed by atoms with Crippen LogP contribution in [-0.2, 0) is 13.0 Å². The standard InChI is InChI=1S/C22H28ClFN6O/c1-12(2)27-22-28-18-11-30(21(25)31)9-7-14(18)20(29-22)19(17-4-3-8-26-17)13-5-6-15(23)16(24)10-13/h5-6,10,12,17,19,26H,3-4,7-9,11H2,1-2H3,(H2,25,31)(H,27,28,29)/t17-,19-/m0/s1. The van der Waals surface area contributed by atoms with Gasteiger partial charge in [-0.05, 0) is 62.9 Å². The molecule has 2 amide bonds. The number of rotatable bonds is 5. The number of fused-ring (bicyclic) bond motifs is 1. The summed E-state index contributed by atoms with van der Waals surface area (Å²) < 4.78 is 14.4. The Morgan fingerprint density at radius 2 is 2.19 bits per heavy atom. The minimum absolute atomic E-state index is 0.103. The van der Waals surface area contributed by atoms with E-state index in [0.717, 1.165) is 41.9 Å². The molecule has 2 aromatic rings. The molecule has 31 heavy (non-hydrogen) atoms. The SMILES string of the molecule is CC(C)Nc1nc2c(c([C@@H](c3ccc(Cl)c(F)c3)[C@@H]3CCCN3)n1)CCN(C(N)=O)C2. The lowest BCUT2D eigenvalue weighted by Gasteiger charge is -2.32. The summed E-state index contributed by atoms with van der Waals surface area (Å²) in [5.41, 5.74) is 9.03. The van der Waals surface area contributed by atoms with E-state index in [1.54, 1.807) is 11.0 Å². The zero-order valence-electron chi connectivity index (χ0n) is 17.8. The van der Waals surface area contributed by atoms with Crippen LogP contribution >= 0.6 is 11.6 Å². The van der Waals surface area contributed by atoms with Crippen LogP contribution in [0.1, 0.15) is 55.1 Å². The quantitative estimate of drug-likeness (QED) is 0.654. The Hall–Kier alpha value is -2.45. The number of carbonyl (C=O) groups is 1. The zero-order valence-corrected chi connectivity index (χ0v) is 18.5. The summed E-state index contributed by atoms with van der Waals surface area (Å²) in [5, 5.41) is 6.95. The second kappa shape index (κ2) is 8.96. The molecule has 0 radical (unpaired) electrons. The number of primary amides is 1. The van der Waals surface area contributed by atoms with Crippen LogP contribution < -0.4 is 16.4 Å². The first-order valence-corrected chi connectivity index (χ1v) is 11.1. The third-order valence-electron chi connectivity index (χ3n) is 5.92. The van der Waals surface area contributed by atoms with Crippen molar-refractivity contribution in [3.8, 4) is 0 Å². The Kier molecular flexibility index (Phi) is 6.29. The van der Waals surface area contributed by atoms with Crippen LogP contribution in [0.2, 0.25) is 5.02 Å². The molecule has 1 fully saturated rings. The fourth-order valence-electron chi connectivity index (χ4n) is 4.51. The molecule has 2 aliphatic rings. The Balaban J connectivity index is 1.85. The number of urea groups is 1. The third-order valence-corrected chi connectivity index (χ3v) is 6.23. The second-order valence-corrected chi connectivity index (χ2v) is 8.93. The number of nitrogens with two attached hydrogens (primary N) is 1. The summed E-state index contributed by atoms with van der Waals surface area (Å²) in [4.78, 5) is 23.0. The van der Waals surface area contributed by atoms with Gasteiger partial charge in [0.25, 0.3) is 0 Å². The predicted octanol–water partition coefficient (Wildman–Crippen LogP) is 3.41. The highest BCUT2D eigenvalue weighted by atomic mass is 35.5. The number of amides is 2. The molecule has 4 rings (SSSR count). The van der Waals surface area contributed by atoms with Crippen LogP contribution in [0.4, 0.5) is 15.1 Å². The minimum atomic E-state index is -0.460. The summed E-state index contributed by atoms with van der Waals surface area (Å²) in [6, 6.07) is 4.79. The van der Waals surface area contributed by atoms with Gasteiger partial charge >= 0.3 is 6.03 Å². The molecule has 2 aliphatic heterocycles. The first-order chi connectivity index (χ1) is 14.8. The van der Waals surface area contributed by atoms with E-state index < -0.39 is 11.8 Å². The summed E-state index contributed by atoms with van der Waals surface area (Å²) in [5.74, 6) is -0.0862. The van der Waals surface area contributed by atoms with E-state index in [-0.39, 0.29) is 23.0 Å². The van der Waals surface area contributed by atoms with Crippen LogP contribution in [0.3, 0.4) is 0 Å². The van der Waals surface area contributed by atoms with Gasteiger partial charge in [0.2, 0.25) is 5.95 Å². The normalized spacial score (nSPS) is 19.4. The first kappa shape index (κ1) is 21.8. The van der Waals surface area contributed by atoms with Crippen LogP contribution in [0, 0.1) is 5.82 Å². The molecule has 0 aliphatic carbocycles. The van der Waals surface area contributed by atoms with Crippen LogP contribution in [0.25, 0.3) is 0 Å². The summed E-state index contributed by atoms with van der Waals surface area (Å²) >= 11 is 5.96. The molecular formula is C22H28ClFN6O. The Morgan fingerprint density at radius 1 is 1.39 bits per heavy atom. The molecule has 1 aromatic carbocycles. The maximum absolute atomic E-state index is 14.4. The zero-order chi connectivity index (χ0) is 22.1. The molecule has 9 heteroatoms. The third kappa shape index (κ3) is 4.60. The van der Waals surface area contributed by atoms with Gasteiger partial charge in [-0.3, -0.25) is 0 Å². The molecule has 1 aromatic heterocycles. The van der Waals surface area contributed by atoms with Crippen molar-refractivity contribution in [2.24, 2.45) is 5.73 Å². The number of hydrogen-bond donors (Lipinski definition) is 3. The fraction of sp³-hybridized carbons (Fsp3) is 0.500. The largest absolute Gasteiger partial charge is 0.352 e. The highest BCUT2D eigenvalue weighted by Gasteiger charge is 2.34. The monoisotopic (exact) mass is 446 g/mol. The molecule has 1 saturated heterocycles. The average molecular weight is 447 g/mol. The van der Waals surface area contributed by atoms with Gasteiger partial charge in [-0.1, -0.05) is 17.7 Å². The smallest absolute Gasteiger partial charge is 0.315 e. The van der Waals surface area contributed by atoms with Crippen molar-refractivity contribution in [1.29, 1.82) is 0 Å². The molecule has 2 atom stereocenters. The van der Waals surface area contributed by atoms with Crippen molar-refractivity contribution >= 4 is 23.6 Å². The number of anilines is 1. The molecule has 0 bridgehead atoms. The lowest BCUT2D eigenvalue weighted by atomic mass is 9.83. The predicted molar refractivity (Wildman–Crippen MR) is 119 cm³/mol. The summed E-state index contributed by atoms with van der Waals surface area (Å²) in [6.45, 7) is 5.80. The molecule has 7 nitrogen and oxygen atoms in total. The van der Waals surface area contributed by atoms with Gasteiger partial charge in [0.05, 0.1) is 23.0 Å². The van der Waals surface area contributed by atoms with Gasteiger partial charge in [0.15, 0.2) is 0 Å². The Morgan fingerprint density at radius 3 is 2.84 bits per heavy atom. The van der Waals surface area contributed by atoms with Crippen LogP contribution in [-0.4, -0.2) is 46.1 Å². The van der Waals surface area contributed by atoms with Crippen molar-refractivity contribution in [3.63, 3.8) is 0 Å². The Bertz CT molecular complexity index is 979. The van der Waals surface area contributed by atoms with E-state index in [2.05, 4.69) is 10.6 Å². The highest BCUT2D eigenvalue weighted by molar-refractivity contribution is 6.30. The highest BCUT2D eigenvalue weighted by Crippen LogP contribution is 2.37. The second-order valence-electron chi connectivity index (χ2n) is 8.52. The van der Waals surface area contributed by atoms with E-state index in [9.17, 15) is 9.18 Å². The van der Waals surface area contributed by atoms with E-state index >= 15 is 0 Å². The van der Waals surface area contributed by atoms with Gasteiger partial charge in [0.1, 0.15) is 5.82 Å². The number of nitrogens with zero attached hydrogens (tertiary/aromatic N) is 3. The number of hydrogen-bond acceptors (Lipinski definition) is 5. The number of nitrogens with one attached hydrogen (secondary N) is 2. The lowest BCUT2D eigenvalue weighted by molar-refractivity contribution is 0.201. The maximum Gasteiger partial charge on any atom is 0.315 e. The molecule has 4 N–H and O–H groups in total. The van der Waals surface area contributed by atoms with Crippen molar-refractivity contribution in [1.82, 2.24) is 20.2 Å². The van der Waals surface area contributed by atoms with Crippen molar-refractivity contribution in [2.45, 2.75) is 57.7 Å². The van der Waals surface area contributed by atoms with Crippen LogP contribution in [0.5, 0.6) is 0 Å². The van der Waals surface area contributed by atoms with Gasteiger partial charge in [-0.15, -0.1) is 0 Å². The number of halogens is 2. The fourth-order valence-corrected chi connectivity index (χ4v) is 4.63. The number of aromatic nitrogens is 2. The molecule has 0 unspecified atom stereocenters. The van der Waals surface area contributed by atoms with Gasteiger partial charge in [-0.25, -0.2) is 19.2 Å². The van der Waals surface area contributed by atoms with Gasteiger partial charge in [-0.2, -0.15) is 0 Å². The van der Waals surface area contributed by atoms with Crippen molar-refractivity contribution in [2.75, 3.05) is 18.4 Å². The average Bonchev–Trinajstić information content (AvgIpc) is 3.24. The van der Waals surface area contributed by atoms with E-state index in [0.29, 0.717) is 25.5 Å². The summed E-state index contributed by atoms with van der Waals surface area (Å²) in [6.07, 6.45) is 2.62. The maximum atomic E-state index is 14.4. The van der Waals surface area contributed by atoms with Crippen LogP contribution in [0.15, 0.2) is 18.2 Å². The van der Waals surface area contributed by atoms with Crippen molar-refractivity contribution in [3.05, 3.63) is 51.6 Å². The van der Waals surface area contributed by atoms with Gasteiger partial charge in [0, 0.05) is 24.5 Å². The number of benzene rings is 1.